The molecular weight excluding hydrogens is 620 g/mol. The molecule has 1 fully saturated rings. The smallest absolute Gasteiger partial charge is 0.241 e. The van der Waals surface area contributed by atoms with Gasteiger partial charge in [0, 0.05) is 36.7 Å². The standard InChI is InChI=1S/C39H48N4O6/c1-4-21-47-29-17-18-35-32(24-29)37-30(16-10-12-20-45)28(15-9-11-19-44)23-31-33(41-46-3)25-36(39(49-35,38(31)37)48-22-5-2)43-34(26-40-42-43)27-13-7-6-8-14-27/h4-8,13-14,17-18,23-24,26,28,30,36-38,44-45H,1-2,9-12,15-16,19-22,25H2,3H3/t28-,30+,36-,37+,38+,39+/m0/s1. The molecule has 2 N–H and O–H groups in total. The van der Waals surface area contributed by atoms with E-state index < -0.39 is 11.8 Å². The Morgan fingerprint density at radius 1 is 1.02 bits per heavy atom. The number of hydrogen-bond acceptors (Lipinski definition) is 9. The van der Waals surface area contributed by atoms with Gasteiger partial charge >= 0.3 is 0 Å². The SMILES string of the molecule is C=CCOc1ccc2c(c1)[C@H]1[C@H](CCCCO)[C@@H](CCCCO)C=C3C(=NOC)C[C@H](n4nncc4-c4ccccc4)[C@@](OCC=C)(O2)[C@H]31. The van der Waals surface area contributed by atoms with Crippen LogP contribution in [0.5, 0.6) is 11.5 Å². The molecule has 10 nitrogen and oxygen atoms in total. The predicted molar refractivity (Wildman–Crippen MR) is 188 cm³/mol. The van der Waals surface area contributed by atoms with E-state index in [1.54, 1.807) is 25.5 Å². The van der Waals surface area contributed by atoms with Crippen LogP contribution >= 0.6 is 0 Å². The molecule has 0 amide bonds. The van der Waals surface area contributed by atoms with Crippen LogP contribution in [0, 0.1) is 17.8 Å². The predicted octanol–water partition coefficient (Wildman–Crippen LogP) is 6.65. The Morgan fingerprint density at radius 2 is 1.80 bits per heavy atom. The highest BCUT2D eigenvalue weighted by Gasteiger charge is 2.65. The molecule has 2 heterocycles. The lowest BCUT2D eigenvalue weighted by molar-refractivity contribution is -0.251. The third-order valence-electron chi connectivity index (χ3n) is 10.2. The molecule has 0 saturated heterocycles. The highest BCUT2D eigenvalue weighted by atomic mass is 16.7. The number of fused-ring (bicyclic) bond motifs is 2. The van der Waals surface area contributed by atoms with Crippen LogP contribution in [0.15, 0.2) is 96.8 Å². The Bertz CT molecular complexity index is 1640. The van der Waals surface area contributed by atoms with Gasteiger partial charge in [0.05, 0.1) is 30.1 Å². The minimum atomic E-state index is -1.21. The van der Waals surface area contributed by atoms with Crippen molar-refractivity contribution in [3.05, 3.63) is 97.3 Å². The number of aliphatic hydroxyl groups excluding tert-OH is 2. The Labute approximate surface area is 288 Å². The third-order valence-corrected chi connectivity index (χ3v) is 10.2. The molecule has 0 unspecified atom stereocenters. The molecule has 2 aromatic carbocycles. The van der Waals surface area contributed by atoms with Crippen LogP contribution in [-0.2, 0) is 9.57 Å². The number of allylic oxidation sites excluding steroid dienone is 1. The van der Waals surface area contributed by atoms with Crippen molar-refractivity contribution in [2.24, 2.45) is 22.9 Å². The van der Waals surface area contributed by atoms with E-state index in [1.807, 2.05) is 47.1 Å². The van der Waals surface area contributed by atoms with Crippen molar-refractivity contribution in [3.63, 3.8) is 0 Å². The lowest BCUT2D eigenvalue weighted by Gasteiger charge is -2.58. The monoisotopic (exact) mass is 668 g/mol. The summed E-state index contributed by atoms with van der Waals surface area (Å²) in [7, 11) is 1.58. The van der Waals surface area contributed by atoms with Gasteiger partial charge in [0.15, 0.2) is 0 Å². The number of nitrogens with zero attached hydrogens (tertiary/aromatic N) is 4. The zero-order chi connectivity index (χ0) is 34.2. The normalized spacial score (nSPS) is 26.2. The van der Waals surface area contributed by atoms with E-state index in [-0.39, 0.29) is 43.5 Å². The quantitative estimate of drug-likeness (QED) is 0.0933. The van der Waals surface area contributed by atoms with Crippen LogP contribution in [0.3, 0.4) is 0 Å². The Hall–Kier alpha value is -4.25. The Balaban J connectivity index is 1.60. The summed E-state index contributed by atoms with van der Waals surface area (Å²) >= 11 is 0. The first kappa shape index (κ1) is 34.6. The number of aromatic nitrogens is 3. The van der Waals surface area contributed by atoms with Crippen LogP contribution in [0.2, 0.25) is 0 Å². The van der Waals surface area contributed by atoms with Crippen molar-refractivity contribution in [1.29, 1.82) is 0 Å². The molecule has 6 rings (SSSR count). The fourth-order valence-electron chi connectivity index (χ4n) is 8.22. The van der Waals surface area contributed by atoms with E-state index in [0.29, 0.717) is 13.0 Å². The first-order valence-corrected chi connectivity index (χ1v) is 17.4. The van der Waals surface area contributed by atoms with Crippen LogP contribution in [0.1, 0.15) is 62.5 Å². The van der Waals surface area contributed by atoms with Gasteiger partial charge in [-0.25, -0.2) is 4.68 Å². The summed E-state index contributed by atoms with van der Waals surface area (Å²) in [5.74, 6) is 0.260. The second-order valence-electron chi connectivity index (χ2n) is 13.0. The molecule has 6 atom stereocenters. The van der Waals surface area contributed by atoms with Crippen LogP contribution < -0.4 is 9.47 Å². The van der Waals surface area contributed by atoms with E-state index in [0.717, 1.165) is 78.1 Å². The fraction of sp³-hybridized carbons (Fsp3) is 0.462. The minimum Gasteiger partial charge on any atom is -0.490 e. The molecule has 3 aliphatic rings. The van der Waals surface area contributed by atoms with Crippen LogP contribution in [-0.4, -0.2) is 70.2 Å². The molecule has 49 heavy (non-hydrogen) atoms. The van der Waals surface area contributed by atoms with Crippen molar-refractivity contribution in [2.45, 2.75) is 62.7 Å². The maximum absolute atomic E-state index is 9.81. The maximum Gasteiger partial charge on any atom is 0.241 e. The zero-order valence-corrected chi connectivity index (χ0v) is 28.3. The van der Waals surface area contributed by atoms with E-state index in [4.69, 9.17) is 19.0 Å². The van der Waals surface area contributed by atoms with Crippen molar-refractivity contribution in [3.8, 4) is 22.8 Å². The molecule has 0 spiro atoms. The summed E-state index contributed by atoms with van der Waals surface area (Å²) in [5.41, 5.74) is 4.73. The lowest BCUT2D eigenvalue weighted by Crippen LogP contribution is -2.63. The van der Waals surface area contributed by atoms with Gasteiger partial charge in [-0.05, 0) is 61.3 Å². The second kappa shape index (κ2) is 16.0. The molecule has 1 aromatic heterocycles. The van der Waals surface area contributed by atoms with Gasteiger partial charge in [0.2, 0.25) is 5.79 Å². The number of hydrogen-bond donors (Lipinski definition) is 2. The number of rotatable bonds is 17. The molecular formula is C39H48N4O6. The van der Waals surface area contributed by atoms with Gasteiger partial charge in [-0.1, -0.05) is 78.3 Å². The first-order valence-electron chi connectivity index (χ1n) is 17.4. The molecule has 10 heteroatoms. The summed E-state index contributed by atoms with van der Waals surface area (Å²) < 4.78 is 22.2. The highest BCUT2D eigenvalue weighted by molar-refractivity contribution is 6.02. The van der Waals surface area contributed by atoms with Crippen molar-refractivity contribution in [2.75, 3.05) is 33.5 Å². The molecule has 0 radical (unpaired) electrons. The molecule has 3 aromatic rings. The van der Waals surface area contributed by atoms with E-state index in [9.17, 15) is 10.2 Å². The largest absolute Gasteiger partial charge is 0.490 e. The number of oxime groups is 1. The molecule has 260 valence electrons. The van der Waals surface area contributed by atoms with Crippen LogP contribution in [0.4, 0.5) is 0 Å². The van der Waals surface area contributed by atoms with Gasteiger partial charge in [-0.2, -0.15) is 0 Å². The Morgan fingerprint density at radius 3 is 2.53 bits per heavy atom. The van der Waals surface area contributed by atoms with Gasteiger partial charge in [0.1, 0.15) is 31.3 Å². The van der Waals surface area contributed by atoms with Gasteiger partial charge in [-0.3, -0.25) is 0 Å². The molecule has 1 saturated carbocycles. The summed E-state index contributed by atoms with van der Waals surface area (Å²) in [4.78, 5) is 5.53. The maximum atomic E-state index is 9.81. The summed E-state index contributed by atoms with van der Waals surface area (Å²) in [6.45, 7) is 8.78. The minimum absolute atomic E-state index is 0.0628. The summed E-state index contributed by atoms with van der Waals surface area (Å²) in [6.07, 6.45) is 13.1. The van der Waals surface area contributed by atoms with Crippen molar-refractivity contribution >= 4 is 5.71 Å². The number of aliphatic hydroxyl groups is 2. The average molecular weight is 669 g/mol. The van der Waals surface area contributed by atoms with Gasteiger partial charge in [-0.15, -0.1) is 11.7 Å². The van der Waals surface area contributed by atoms with Crippen LogP contribution in [0.25, 0.3) is 11.3 Å². The fourth-order valence-corrected chi connectivity index (χ4v) is 8.22. The summed E-state index contributed by atoms with van der Waals surface area (Å²) in [6, 6.07) is 15.6. The highest BCUT2D eigenvalue weighted by Crippen LogP contribution is 2.63. The number of ether oxygens (including phenoxy) is 3. The van der Waals surface area contributed by atoms with E-state index >= 15 is 0 Å². The van der Waals surface area contributed by atoms with Crippen molar-refractivity contribution in [1.82, 2.24) is 15.0 Å². The van der Waals surface area contributed by atoms with Gasteiger partial charge < -0.3 is 29.3 Å². The summed E-state index contributed by atoms with van der Waals surface area (Å²) in [5, 5.41) is 33.2. The molecule has 1 aliphatic heterocycles. The average Bonchev–Trinajstić information content (AvgIpc) is 3.62. The first-order chi connectivity index (χ1) is 24.1. The van der Waals surface area contributed by atoms with E-state index in [2.05, 4.69) is 40.8 Å². The van der Waals surface area contributed by atoms with Gasteiger partial charge in [0.25, 0.3) is 0 Å². The lowest BCUT2D eigenvalue weighted by atomic mass is 9.55. The molecule has 2 aliphatic carbocycles. The second-order valence-corrected chi connectivity index (χ2v) is 13.0. The number of unbranched alkanes of at least 4 members (excludes halogenated alkanes) is 2. The Kier molecular flexibility index (Phi) is 11.3. The van der Waals surface area contributed by atoms with E-state index in [1.165, 1.54) is 0 Å². The zero-order valence-electron chi connectivity index (χ0n) is 28.3. The molecule has 0 bridgehead atoms. The number of benzene rings is 2. The topological polar surface area (TPSA) is 120 Å². The third kappa shape index (κ3) is 6.82. The van der Waals surface area contributed by atoms with Crippen molar-refractivity contribution < 1.29 is 29.3 Å².